The zero-order chi connectivity index (χ0) is 14.5. The van der Waals surface area contributed by atoms with Gasteiger partial charge in [-0.25, -0.2) is 0 Å². The Labute approximate surface area is 129 Å². The van der Waals surface area contributed by atoms with E-state index in [2.05, 4.69) is 5.32 Å². The van der Waals surface area contributed by atoms with Crippen molar-refractivity contribution in [3.63, 3.8) is 0 Å². The van der Waals surface area contributed by atoms with E-state index in [1.165, 1.54) is 0 Å². The number of rotatable bonds is 3. The van der Waals surface area contributed by atoms with Crippen molar-refractivity contribution in [3.05, 3.63) is 53.6 Å². The highest BCUT2D eigenvalue weighted by Gasteiger charge is 2.01. The van der Waals surface area contributed by atoms with Crippen molar-refractivity contribution >= 4 is 34.6 Å². The van der Waals surface area contributed by atoms with Crippen LogP contribution in [0.1, 0.15) is 0 Å². The van der Waals surface area contributed by atoms with E-state index in [1.807, 2.05) is 55.4 Å². The fourth-order valence-electron chi connectivity index (χ4n) is 1.48. The highest BCUT2D eigenvalue weighted by atomic mass is 35.5. The number of nitrogens with zero attached hydrogens (tertiary/aromatic N) is 1. The van der Waals surface area contributed by atoms with Gasteiger partial charge < -0.3 is 15.0 Å². The summed E-state index contributed by atoms with van der Waals surface area (Å²) in [4.78, 5) is 1.84. The lowest BCUT2D eigenvalue weighted by atomic mass is 10.3. The van der Waals surface area contributed by atoms with E-state index < -0.39 is 0 Å². The molecule has 104 valence electrons. The van der Waals surface area contributed by atoms with Crippen LogP contribution in [-0.2, 0) is 0 Å². The van der Waals surface area contributed by atoms with Gasteiger partial charge in [0.25, 0.3) is 0 Å². The number of anilines is 1. The average Bonchev–Trinajstić information content (AvgIpc) is 2.43. The molecular weight excluding hydrogens is 292 g/mol. The number of thiocarbonyl (C=S) groups is 1. The molecular formula is C15H15ClN2OS. The first-order valence-electron chi connectivity index (χ1n) is 6.06. The molecule has 2 rings (SSSR count). The predicted molar refractivity (Wildman–Crippen MR) is 87.9 cm³/mol. The topological polar surface area (TPSA) is 24.5 Å². The van der Waals surface area contributed by atoms with Gasteiger partial charge in [0.15, 0.2) is 5.11 Å². The molecule has 2 aromatic carbocycles. The van der Waals surface area contributed by atoms with Crippen molar-refractivity contribution in [2.45, 2.75) is 0 Å². The third kappa shape index (κ3) is 4.11. The molecule has 0 radical (unpaired) electrons. The minimum Gasteiger partial charge on any atom is -0.457 e. The van der Waals surface area contributed by atoms with Gasteiger partial charge in [0, 0.05) is 24.8 Å². The van der Waals surface area contributed by atoms with Crippen molar-refractivity contribution in [1.29, 1.82) is 0 Å². The molecule has 0 aromatic heterocycles. The van der Waals surface area contributed by atoms with E-state index in [4.69, 9.17) is 28.6 Å². The van der Waals surface area contributed by atoms with Crippen LogP contribution in [0.3, 0.4) is 0 Å². The summed E-state index contributed by atoms with van der Waals surface area (Å²) in [6.45, 7) is 0. The first kappa shape index (κ1) is 14.6. The smallest absolute Gasteiger partial charge is 0.172 e. The molecule has 0 amide bonds. The van der Waals surface area contributed by atoms with Crippen LogP contribution in [0.2, 0.25) is 5.02 Å². The van der Waals surface area contributed by atoms with Crippen molar-refractivity contribution in [1.82, 2.24) is 4.90 Å². The minimum absolute atomic E-state index is 0.663. The van der Waals surface area contributed by atoms with Crippen LogP contribution in [0.5, 0.6) is 11.5 Å². The van der Waals surface area contributed by atoms with Gasteiger partial charge in [-0.1, -0.05) is 11.6 Å². The third-order valence-electron chi connectivity index (χ3n) is 2.56. The Morgan fingerprint density at radius 3 is 2.00 bits per heavy atom. The minimum atomic E-state index is 0.663. The second-order valence-corrected chi connectivity index (χ2v) is 5.23. The molecule has 3 nitrogen and oxygen atoms in total. The van der Waals surface area contributed by atoms with Crippen molar-refractivity contribution < 1.29 is 4.74 Å². The Balaban J connectivity index is 2.01. The Kier molecular flexibility index (Phi) is 4.82. The number of nitrogens with one attached hydrogen (secondary N) is 1. The van der Waals surface area contributed by atoms with Gasteiger partial charge in [0.2, 0.25) is 0 Å². The predicted octanol–water partition coefficient (Wildman–Crippen LogP) is 4.39. The van der Waals surface area contributed by atoms with Crippen LogP contribution in [0.4, 0.5) is 5.69 Å². The second-order valence-electron chi connectivity index (χ2n) is 4.40. The van der Waals surface area contributed by atoms with Crippen LogP contribution in [0.25, 0.3) is 0 Å². The maximum absolute atomic E-state index is 5.83. The molecule has 0 fully saturated rings. The van der Waals surface area contributed by atoms with Gasteiger partial charge in [-0.15, -0.1) is 0 Å². The summed E-state index contributed by atoms with van der Waals surface area (Å²) >= 11 is 11.0. The Hall–Kier alpha value is -1.78. The molecule has 0 saturated heterocycles. The normalized spacial score (nSPS) is 9.95. The lowest BCUT2D eigenvalue weighted by Crippen LogP contribution is -2.26. The zero-order valence-electron chi connectivity index (χ0n) is 11.3. The summed E-state index contributed by atoms with van der Waals surface area (Å²) in [7, 11) is 3.79. The quantitative estimate of drug-likeness (QED) is 0.850. The number of benzene rings is 2. The van der Waals surface area contributed by atoms with Crippen molar-refractivity contribution in [2.24, 2.45) is 0 Å². The maximum atomic E-state index is 5.83. The zero-order valence-corrected chi connectivity index (χ0v) is 12.8. The summed E-state index contributed by atoms with van der Waals surface area (Å²) < 4.78 is 5.71. The summed E-state index contributed by atoms with van der Waals surface area (Å²) in [5.41, 5.74) is 0.923. The van der Waals surface area contributed by atoms with Crippen LogP contribution in [-0.4, -0.2) is 24.1 Å². The van der Waals surface area contributed by atoms with Crippen LogP contribution in [0.15, 0.2) is 48.5 Å². The fraction of sp³-hybridized carbons (Fsp3) is 0.133. The van der Waals surface area contributed by atoms with Crippen molar-refractivity contribution in [2.75, 3.05) is 19.4 Å². The average molecular weight is 307 g/mol. The molecule has 0 aliphatic carbocycles. The molecule has 0 spiro atoms. The molecule has 0 heterocycles. The molecule has 20 heavy (non-hydrogen) atoms. The van der Waals surface area contributed by atoms with Crippen LogP contribution < -0.4 is 10.1 Å². The molecule has 0 aliphatic rings. The van der Waals surface area contributed by atoms with Crippen molar-refractivity contribution in [3.8, 4) is 11.5 Å². The lowest BCUT2D eigenvalue weighted by Gasteiger charge is -2.15. The Bertz CT molecular complexity index is 582. The maximum Gasteiger partial charge on any atom is 0.172 e. The van der Waals surface area contributed by atoms with E-state index >= 15 is 0 Å². The first-order valence-corrected chi connectivity index (χ1v) is 6.85. The number of halogens is 1. The molecule has 0 aliphatic heterocycles. The van der Waals surface area contributed by atoms with Crippen LogP contribution in [0, 0.1) is 0 Å². The first-order chi connectivity index (χ1) is 9.54. The summed E-state index contributed by atoms with van der Waals surface area (Å²) in [6.07, 6.45) is 0. The fourth-order valence-corrected chi connectivity index (χ4v) is 1.72. The van der Waals surface area contributed by atoms with E-state index in [9.17, 15) is 0 Å². The highest BCUT2D eigenvalue weighted by molar-refractivity contribution is 7.80. The molecule has 1 N–H and O–H groups in total. The van der Waals surface area contributed by atoms with E-state index in [-0.39, 0.29) is 0 Å². The standard InChI is InChI=1S/C15H15ClN2OS/c1-18(2)15(20)17-12-5-9-14(10-6-12)19-13-7-3-11(16)4-8-13/h3-10H,1-2H3,(H,17,20). The Morgan fingerprint density at radius 2 is 1.50 bits per heavy atom. The largest absolute Gasteiger partial charge is 0.457 e. The number of hydrogen-bond acceptors (Lipinski definition) is 2. The van der Waals surface area contributed by atoms with Gasteiger partial charge in [0.05, 0.1) is 0 Å². The molecule has 0 saturated carbocycles. The molecule has 2 aromatic rings. The Morgan fingerprint density at radius 1 is 1.00 bits per heavy atom. The lowest BCUT2D eigenvalue weighted by molar-refractivity contribution is 0.483. The monoisotopic (exact) mass is 306 g/mol. The van der Waals surface area contributed by atoms with Crippen LogP contribution >= 0.6 is 23.8 Å². The SMILES string of the molecule is CN(C)C(=S)Nc1ccc(Oc2ccc(Cl)cc2)cc1. The van der Waals surface area contributed by atoms with E-state index in [0.717, 1.165) is 17.2 Å². The van der Waals surface area contributed by atoms with Gasteiger partial charge in [-0.2, -0.15) is 0 Å². The second kappa shape index (κ2) is 6.59. The summed E-state index contributed by atoms with van der Waals surface area (Å²) in [6, 6.07) is 14.8. The molecule has 0 unspecified atom stereocenters. The highest BCUT2D eigenvalue weighted by Crippen LogP contribution is 2.24. The van der Waals surface area contributed by atoms with Gasteiger partial charge >= 0.3 is 0 Å². The summed E-state index contributed by atoms with van der Waals surface area (Å²) in [5, 5.41) is 4.48. The summed E-state index contributed by atoms with van der Waals surface area (Å²) in [5.74, 6) is 1.51. The number of ether oxygens (including phenoxy) is 1. The van der Waals surface area contributed by atoms with E-state index in [0.29, 0.717) is 10.1 Å². The molecule has 0 bridgehead atoms. The van der Waals surface area contributed by atoms with Gasteiger partial charge in [-0.05, 0) is 60.7 Å². The third-order valence-corrected chi connectivity index (χ3v) is 3.28. The molecule has 5 heteroatoms. The number of hydrogen-bond donors (Lipinski definition) is 1. The molecule has 0 atom stereocenters. The van der Waals surface area contributed by atoms with Gasteiger partial charge in [0.1, 0.15) is 11.5 Å². The van der Waals surface area contributed by atoms with E-state index in [1.54, 1.807) is 12.1 Å². The van der Waals surface area contributed by atoms with Gasteiger partial charge in [-0.3, -0.25) is 0 Å².